The molecule has 0 atom stereocenters. The van der Waals surface area contributed by atoms with E-state index in [1.807, 2.05) is 0 Å². The normalized spacial score (nSPS) is 17.9. The number of allylic oxidation sites excluding steroid dienone is 1. The smallest absolute Gasteiger partial charge is 0.270 e. The first-order chi connectivity index (χ1) is 8.15. The number of nitrogens with zero attached hydrogens (tertiary/aromatic N) is 1. The minimum atomic E-state index is -0.429. The number of nitro groups is 1. The quantitative estimate of drug-likeness (QED) is 0.624. The topological polar surface area (TPSA) is 72.2 Å². The summed E-state index contributed by atoms with van der Waals surface area (Å²) in [5, 5.41) is 13.7. The largest absolute Gasteiger partial charge is 0.388 e. The first-order valence-corrected chi connectivity index (χ1v) is 5.36. The number of hydrogen-bond acceptors (Lipinski definition) is 4. The van der Waals surface area contributed by atoms with Crippen molar-refractivity contribution in [1.82, 2.24) is 5.32 Å². The molecule has 0 bridgehead atoms. The molecule has 0 amide bonds. The van der Waals surface area contributed by atoms with E-state index in [4.69, 9.17) is 0 Å². The molecule has 1 aromatic carbocycles. The van der Waals surface area contributed by atoms with Crippen LogP contribution in [0.5, 0.6) is 0 Å². The van der Waals surface area contributed by atoms with Crippen molar-refractivity contribution in [2.75, 3.05) is 6.54 Å². The van der Waals surface area contributed by atoms with Gasteiger partial charge in [-0.3, -0.25) is 14.9 Å². The third-order valence-electron chi connectivity index (χ3n) is 2.57. The fourth-order valence-electron chi connectivity index (χ4n) is 1.76. The van der Waals surface area contributed by atoms with E-state index in [-0.39, 0.29) is 11.5 Å². The van der Waals surface area contributed by atoms with Gasteiger partial charge in [-0.25, -0.2) is 0 Å². The molecule has 2 rings (SSSR count). The predicted molar refractivity (Wildman–Crippen MR) is 63.3 cm³/mol. The van der Waals surface area contributed by atoms with Crippen LogP contribution in [0, 0.1) is 10.1 Å². The fourth-order valence-corrected chi connectivity index (χ4v) is 1.76. The lowest BCUT2D eigenvalue weighted by molar-refractivity contribution is -0.384. The van der Waals surface area contributed by atoms with Crippen molar-refractivity contribution in [1.29, 1.82) is 0 Å². The van der Waals surface area contributed by atoms with E-state index < -0.39 is 4.92 Å². The number of nitro benzene ring substituents is 1. The molecular weight excluding hydrogens is 220 g/mol. The van der Waals surface area contributed by atoms with Gasteiger partial charge in [-0.15, -0.1) is 0 Å². The zero-order chi connectivity index (χ0) is 12.3. The van der Waals surface area contributed by atoms with Gasteiger partial charge in [0.1, 0.15) is 5.78 Å². The first kappa shape index (κ1) is 11.3. The van der Waals surface area contributed by atoms with Gasteiger partial charge in [-0.2, -0.15) is 0 Å². The Balaban J connectivity index is 2.22. The zero-order valence-electron chi connectivity index (χ0n) is 9.18. The number of carbonyl (C=O) groups is 1. The molecule has 1 aliphatic rings. The molecule has 0 aliphatic carbocycles. The van der Waals surface area contributed by atoms with Crippen LogP contribution in [0.3, 0.4) is 0 Å². The molecule has 1 N–H and O–H groups in total. The summed E-state index contributed by atoms with van der Waals surface area (Å²) >= 11 is 0. The first-order valence-electron chi connectivity index (χ1n) is 5.36. The summed E-state index contributed by atoms with van der Waals surface area (Å²) in [6.45, 7) is 0.638. The SMILES string of the molecule is O=C1CCNC(=Cc2cccc([N+](=O)[O-])c2)C1. The molecule has 17 heavy (non-hydrogen) atoms. The highest BCUT2D eigenvalue weighted by molar-refractivity contribution is 5.83. The Morgan fingerprint density at radius 3 is 2.94 bits per heavy atom. The number of non-ortho nitro benzene ring substituents is 1. The number of Topliss-reactive ketones (excluding diaryl/α,β-unsaturated/α-hetero) is 1. The van der Waals surface area contributed by atoms with E-state index in [2.05, 4.69) is 5.32 Å². The lowest BCUT2D eigenvalue weighted by Gasteiger charge is -2.15. The van der Waals surface area contributed by atoms with Crippen LogP contribution in [0.2, 0.25) is 0 Å². The van der Waals surface area contributed by atoms with Crippen LogP contribution in [-0.4, -0.2) is 17.3 Å². The molecule has 1 fully saturated rings. The predicted octanol–water partition coefficient (Wildman–Crippen LogP) is 1.89. The van der Waals surface area contributed by atoms with Crippen LogP contribution in [0.15, 0.2) is 30.0 Å². The average Bonchev–Trinajstić information content (AvgIpc) is 2.29. The van der Waals surface area contributed by atoms with E-state index in [9.17, 15) is 14.9 Å². The third-order valence-corrected chi connectivity index (χ3v) is 2.57. The van der Waals surface area contributed by atoms with Gasteiger partial charge in [0.25, 0.3) is 5.69 Å². The summed E-state index contributed by atoms with van der Waals surface area (Å²) < 4.78 is 0. The van der Waals surface area contributed by atoms with E-state index in [0.717, 1.165) is 11.3 Å². The molecule has 88 valence electrons. The molecule has 0 unspecified atom stereocenters. The maximum absolute atomic E-state index is 11.2. The number of benzene rings is 1. The molecule has 5 nitrogen and oxygen atoms in total. The Bertz CT molecular complexity index is 494. The Labute approximate surface area is 98.3 Å². The van der Waals surface area contributed by atoms with E-state index in [0.29, 0.717) is 19.4 Å². The number of carbonyl (C=O) groups excluding carboxylic acids is 1. The minimum Gasteiger partial charge on any atom is -0.388 e. The van der Waals surface area contributed by atoms with E-state index in [1.54, 1.807) is 18.2 Å². The van der Waals surface area contributed by atoms with Crippen molar-refractivity contribution in [3.63, 3.8) is 0 Å². The lowest BCUT2D eigenvalue weighted by Crippen LogP contribution is -2.25. The van der Waals surface area contributed by atoms with Crippen molar-refractivity contribution in [3.05, 3.63) is 45.6 Å². The van der Waals surface area contributed by atoms with Crippen LogP contribution in [0.1, 0.15) is 18.4 Å². The Hall–Kier alpha value is -2.17. The molecule has 1 aliphatic heterocycles. The van der Waals surface area contributed by atoms with Gasteiger partial charge in [0.2, 0.25) is 0 Å². The second-order valence-corrected chi connectivity index (χ2v) is 3.91. The summed E-state index contributed by atoms with van der Waals surface area (Å²) in [7, 11) is 0. The number of rotatable bonds is 2. The molecule has 1 heterocycles. The van der Waals surface area contributed by atoms with Crippen molar-refractivity contribution < 1.29 is 9.72 Å². The summed E-state index contributed by atoms with van der Waals surface area (Å²) in [4.78, 5) is 21.4. The van der Waals surface area contributed by atoms with Crippen LogP contribution >= 0.6 is 0 Å². The second-order valence-electron chi connectivity index (χ2n) is 3.91. The average molecular weight is 232 g/mol. The van der Waals surface area contributed by atoms with Gasteiger partial charge >= 0.3 is 0 Å². The summed E-state index contributed by atoms with van der Waals surface area (Å²) in [5.41, 5.74) is 1.61. The highest BCUT2D eigenvalue weighted by Gasteiger charge is 2.12. The molecule has 1 aromatic rings. The second kappa shape index (κ2) is 4.78. The van der Waals surface area contributed by atoms with Gasteiger partial charge in [-0.1, -0.05) is 12.1 Å². The van der Waals surface area contributed by atoms with Crippen molar-refractivity contribution in [2.45, 2.75) is 12.8 Å². The summed E-state index contributed by atoms with van der Waals surface area (Å²) in [6, 6.07) is 6.35. The Morgan fingerprint density at radius 1 is 1.41 bits per heavy atom. The third kappa shape index (κ3) is 2.90. The molecule has 0 spiro atoms. The Morgan fingerprint density at radius 2 is 2.24 bits per heavy atom. The minimum absolute atomic E-state index is 0.0569. The van der Waals surface area contributed by atoms with Crippen molar-refractivity contribution in [2.24, 2.45) is 0 Å². The van der Waals surface area contributed by atoms with Crippen LogP contribution in [0.4, 0.5) is 5.69 Å². The number of ketones is 1. The van der Waals surface area contributed by atoms with Crippen LogP contribution in [0.25, 0.3) is 6.08 Å². The number of hydrogen-bond donors (Lipinski definition) is 1. The molecule has 0 saturated carbocycles. The standard InChI is InChI=1S/C12H12N2O3/c15-12-4-5-13-10(8-12)6-9-2-1-3-11(7-9)14(16)17/h1-3,6-7,13H,4-5,8H2. The lowest BCUT2D eigenvalue weighted by atomic mass is 10.1. The fraction of sp³-hybridized carbons (Fsp3) is 0.250. The van der Waals surface area contributed by atoms with Crippen molar-refractivity contribution >= 4 is 17.5 Å². The van der Waals surface area contributed by atoms with Gasteiger partial charge in [0, 0.05) is 37.2 Å². The molecule has 5 heteroatoms. The van der Waals surface area contributed by atoms with E-state index in [1.165, 1.54) is 12.1 Å². The highest BCUT2D eigenvalue weighted by Crippen LogP contribution is 2.17. The molecular formula is C12H12N2O3. The van der Waals surface area contributed by atoms with Gasteiger partial charge in [0.05, 0.1) is 4.92 Å². The Kier molecular flexibility index (Phi) is 3.18. The summed E-state index contributed by atoms with van der Waals surface area (Å²) in [5.74, 6) is 0.195. The van der Waals surface area contributed by atoms with Gasteiger partial charge < -0.3 is 5.32 Å². The van der Waals surface area contributed by atoms with E-state index >= 15 is 0 Å². The summed E-state index contributed by atoms with van der Waals surface area (Å²) in [6.07, 6.45) is 2.71. The van der Waals surface area contributed by atoms with Crippen LogP contribution < -0.4 is 5.32 Å². The van der Waals surface area contributed by atoms with Crippen molar-refractivity contribution in [3.8, 4) is 0 Å². The number of piperidine rings is 1. The highest BCUT2D eigenvalue weighted by atomic mass is 16.6. The molecule has 0 aromatic heterocycles. The number of nitrogens with one attached hydrogen (secondary N) is 1. The molecule has 1 saturated heterocycles. The van der Waals surface area contributed by atoms with Gasteiger partial charge in [-0.05, 0) is 11.6 Å². The zero-order valence-corrected chi connectivity index (χ0v) is 9.18. The van der Waals surface area contributed by atoms with Gasteiger partial charge in [0.15, 0.2) is 0 Å². The maximum Gasteiger partial charge on any atom is 0.270 e. The monoisotopic (exact) mass is 232 g/mol. The van der Waals surface area contributed by atoms with Crippen LogP contribution in [-0.2, 0) is 4.79 Å². The maximum atomic E-state index is 11.2. The molecule has 0 radical (unpaired) electrons.